The first kappa shape index (κ1) is 12.7. The molecule has 0 N–H and O–H groups in total. The fourth-order valence-electron chi connectivity index (χ4n) is 1.33. The number of methoxy groups -OCH3 is 1. The topological polar surface area (TPSA) is 45.9 Å². The Hall–Kier alpha value is -1.41. The summed E-state index contributed by atoms with van der Waals surface area (Å²) in [5.41, 5.74) is 0.283. The molecule has 1 rings (SSSR count). The Bertz CT molecular complexity index is 418. The number of ether oxygens (including phenoxy) is 1. The molecular weight excluding hydrogens is 238 g/mol. The Kier molecular flexibility index (Phi) is 4.44. The summed E-state index contributed by atoms with van der Waals surface area (Å²) in [6.07, 6.45) is -2.85. The number of nitrogens with zero attached hydrogens (tertiary/aromatic N) is 2. The van der Waals surface area contributed by atoms with Gasteiger partial charge in [-0.25, -0.2) is 13.8 Å². The third-order valence-corrected chi connectivity index (χ3v) is 2.25. The molecule has 1 aromatic rings. The summed E-state index contributed by atoms with van der Waals surface area (Å²) >= 11 is 5.57. The standard InChI is InChI=1S/C10H9ClF2N2O/c1-16-10-8(9(12)13)6(2-3-14)4-7(5-11)15-10/h4,9H,2,5H2,1H3. The Morgan fingerprint density at radius 1 is 1.62 bits per heavy atom. The number of halogens is 3. The highest BCUT2D eigenvalue weighted by Crippen LogP contribution is 2.31. The van der Waals surface area contributed by atoms with Gasteiger partial charge in [-0.3, -0.25) is 0 Å². The quantitative estimate of drug-likeness (QED) is 0.768. The van der Waals surface area contributed by atoms with Gasteiger partial charge in [-0.15, -0.1) is 11.6 Å². The molecule has 0 saturated carbocycles. The zero-order valence-corrected chi connectivity index (χ0v) is 9.26. The Morgan fingerprint density at radius 3 is 2.75 bits per heavy atom. The summed E-state index contributed by atoms with van der Waals surface area (Å²) in [5, 5.41) is 8.56. The molecule has 0 radical (unpaired) electrons. The second kappa shape index (κ2) is 5.61. The van der Waals surface area contributed by atoms with Crippen LogP contribution >= 0.6 is 11.6 Å². The molecule has 0 atom stereocenters. The van der Waals surface area contributed by atoms with Crippen LogP contribution in [-0.4, -0.2) is 12.1 Å². The molecule has 0 fully saturated rings. The number of aromatic nitrogens is 1. The molecule has 0 saturated heterocycles. The van der Waals surface area contributed by atoms with E-state index in [1.54, 1.807) is 0 Å². The second-order valence-corrected chi connectivity index (χ2v) is 3.23. The van der Waals surface area contributed by atoms with Gasteiger partial charge < -0.3 is 4.74 Å². The molecule has 0 aromatic carbocycles. The fraction of sp³-hybridized carbons (Fsp3) is 0.400. The summed E-state index contributed by atoms with van der Waals surface area (Å²) in [7, 11) is 1.25. The van der Waals surface area contributed by atoms with Crippen LogP contribution in [0.2, 0.25) is 0 Å². The maximum atomic E-state index is 12.8. The van der Waals surface area contributed by atoms with Crippen LogP contribution in [0.15, 0.2) is 6.07 Å². The van der Waals surface area contributed by atoms with Gasteiger partial charge in [0, 0.05) is 0 Å². The fourth-order valence-corrected chi connectivity index (χ4v) is 1.47. The molecule has 6 heteroatoms. The van der Waals surface area contributed by atoms with Crippen molar-refractivity contribution < 1.29 is 13.5 Å². The monoisotopic (exact) mass is 246 g/mol. The van der Waals surface area contributed by atoms with Gasteiger partial charge in [0.15, 0.2) is 0 Å². The van der Waals surface area contributed by atoms with Gasteiger partial charge in [-0.2, -0.15) is 5.26 Å². The minimum absolute atomic E-state index is 0.0817. The van der Waals surface area contributed by atoms with Crippen molar-refractivity contribution >= 4 is 11.6 Å². The van der Waals surface area contributed by atoms with E-state index in [4.69, 9.17) is 21.6 Å². The lowest BCUT2D eigenvalue weighted by molar-refractivity contribution is 0.145. The van der Waals surface area contributed by atoms with Gasteiger partial charge in [0.25, 0.3) is 6.43 Å². The van der Waals surface area contributed by atoms with E-state index >= 15 is 0 Å². The molecule has 1 aromatic heterocycles. The molecule has 0 unspecified atom stereocenters. The molecule has 3 nitrogen and oxygen atoms in total. The summed E-state index contributed by atoms with van der Waals surface area (Å²) in [6, 6.07) is 3.23. The maximum absolute atomic E-state index is 12.8. The summed E-state index contributed by atoms with van der Waals surface area (Å²) in [4.78, 5) is 3.83. The third kappa shape index (κ3) is 2.58. The van der Waals surface area contributed by atoms with Crippen molar-refractivity contribution in [2.24, 2.45) is 0 Å². The van der Waals surface area contributed by atoms with Crippen LogP contribution < -0.4 is 4.74 Å². The van der Waals surface area contributed by atoms with Crippen LogP contribution in [0.1, 0.15) is 23.2 Å². The molecule has 0 spiro atoms. The number of hydrogen-bond acceptors (Lipinski definition) is 3. The van der Waals surface area contributed by atoms with Crippen LogP contribution in [0.4, 0.5) is 8.78 Å². The van der Waals surface area contributed by atoms with E-state index < -0.39 is 6.43 Å². The van der Waals surface area contributed by atoms with E-state index in [0.717, 1.165) is 0 Å². The largest absolute Gasteiger partial charge is 0.481 e. The summed E-state index contributed by atoms with van der Waals surface area (Å²) in [6.45, 7) is 0. The zero-order chi connectivity index (χ0) is 12.1. The van der Waals surface area contributed by atoms with Gasteiger partial charge in [0.1, 0.15) is 0 Å². The van der Waals surface area contributed by atoms with Crippen molar-refractivity contribution in [1.29, 1.82) is 5.26 Å². The zero-order valence-electron chi connectivity index (χ0n) is 8.51. The number of alkyl halides is 3. The molecule has 0 bridgehead atoms. The van der Waals surface area contributed by atoms with E-state index in [1.807, 2.05) is 6.07 Å². The van der Waals surface area contributed by atoms with Crippen molar-refractivity contribution in [2.45, 2.75) is 18.7 Å². The van der Waals surface area contributed by atoms with Gasteiger partial charge in [0.2, 0.25) is 5.88 Å². The maximum Gasteiger partial charge on any atom is 0.269 e. The van der Waals surface area contributed by atoms with Crippen molar-refractivity contribution in [1.82, 2.24) is 4.98 Å². The van der Waals surface area contributed by atoms with Gasteiger partial charge in [-0.05, 0) is 11.6 Å². The minimum atomic E-state index is -2.73. The van der Waals surface area contributed by atoms with E-state index in [2.05, 4.69) is 4.98 Å². The summed E-state index contributed by atoms with van der Waals surface area (Å²) in [5.74, 6) is -0.0865. The molecule has 0 aliphatic carbocycles. The predicted octanol–water partition coefficient (Wildman–Crippen LogP) is 2.83. The third-order valence-electron chi connectivity index (χ3n) is 1.98. The highest BCUT2D eigenvalue weighted by Gasteiger charge is 2.21. The minimum Gasteiger partial charge on any atom is -0.481 e. The van der Waals surface area contributed by atoms with Gasteiger partial charge >= 0.3 is 0 Å². The Labute approximate surface area is 96.6 Å². The average molecular weight is 247 g/mol. The van der Waals surface area contributed by atoms with Crippen LogP contribution in [0.5, 0.6) is 5.88 Å². The molecule has 16 heavy (non-hydrogen) atoms. The molecule has 0 aliphatic rings. The first-order valence-electron chi connectivity index (χ1n) is 4.41. The van der Waals surface area contributed by atoms with Crippen LogP contribution in [0.3, 0.4) is 0 Å². The molecule has 0 amide bonds. The van der Waals surface area contributed by atoms with E-state index in [0.29, 0.717) is 5.69 Å². The highest BCUT2D eigenvalue weighted by atomic mass is 35.5. The molecule has 0 aliphatic heterocycles. The van der Waals surface area contributed by atoms with E-state index in [9.17, 15) is 8.78 Å². The smallest absolute Gasteiger partial charge is 0.269 e. The van der Waals surface area contributed by atoms with Crippen molar-refractivity contribution in [3.63, 3.8) is 0 Å². The number of pyridine rings is 1. The molecule has 86 valence electrons. The molecule has 1 heterocycles. The SMILES string of the molecule is COc1nc(CCl)cc(CC#N)c1C(F)F. The van der Waals surface area contributed by atoms with E-state index in [1.165, 1.54) is 13.2 Å². The van der Waals surface area contributed by atoms with Crippen LogP contribution in [0.25, 0.3) is 0 Å². The molecular formula is C10H9ClF2N2O. The first-order valence-corrected chi connectivity index (χ1v) is 4.95. The number of hydrogen-bond donors (Lipinski definition) is 0. The van der Waals surface area contributed by atoms with Crippen LogP contribution in [-0.2, 0) is 12.3 Å². The van der Waals surface area contributed by atoms with Crippen molar-refractivity contribution in [3.05, 3.63) is 22.9 Å². The van der Waals surface area contributed by atoms with Crippen molar-refractivity contribution in [3.8, 4) is 11.9 Å². The summed E-state index contributed by atoms with van der Waals surface area (Å²) < 4.78 is 30.3. The number of nitriles is 1. The highest BCUT2D eigenvalue weighted by molar-refractivity contribution is 6.16. The average Bonchev–Trinajstić information content (AvgIpc) is 2.27. The lowest BCUT2D eigenvalue weighted by Gasteiger charge is -2.12. The first-order chi connectivity index (χ1) is 7.63. The van der Waals surface area contributed by atoms with Crippen molar-refractivity contribution in [2.75, 3.05) is 7.11 Å². The van der Waals surface area contributed by atoms with Crippen LogP contribution in [0, 0.1) is 11.3 Å². The predicted molar refractivity (Wildman–Crippen MR) is 54.6 cm³/mol. The lowest BCUT2D eigenvalue weighted by Crippen LogP contribution is -2.03. The van der Waals surface area contributed by atoms with E-state index in [-0.39, 0.29) is 29.3 Å². The Balaban J connectivity index is 3.36. The number of rotatable bonds is 4. The lowest BCUT2D eigenvalue weighted by atomic mass is 10.1. The van der Waals surface area contributed by atoms with Gasteiger partial charge in [0.05, 0.1) is 36.7 Å². The van der Waals surface area contributed by atoms with Gasteiger partial charge in [-0.1, -0.05) is 0 Å². The Morgan fingerprint density at radius 2 is 2.31 bits per heavy atom. The normalized spacial score (nSPS) is 10.2. The second-order valence-electron chi connectivity index (χ2n) is 2.96.